The second-order valence-electron chi connectivity index (χ2n) is 6.53. The van der Waals surface area contributed by atoms with E-state index in [-0.39, 0.29) is 17.3 Å². The summed E-state index contributed by atoms with van der Waals surface area (Å²) < 4.78 is 39.9. The molecule has 144 valence electrons. The molecule has 0 unspecified atom stereocenters. The summed E-state index contributed by atoms with van der Waals surface area (Å²) in [4.78, 5) is 12.6. The van der Waals surface area contributed by atoms with Crippen molar-refractivity contribution in [1.29, 1.82) is 0 Å². The lowest BCUT2D eigenvalue weighted by Crippen LogP contribution is -2.49. The van der Waals surface area contributed by atoms with Gasteiger partial charge in [0.1, 0.15) is 5.82 Å². The Bertz CT molecular complexity index is 888. The van der Waals surface area contributed by atoms with Gasteiger partial charge in [-0.15, -0.1) is 0 Å². The van der Waals surface area contributed by atoms with Gasteiger partial charge in [0, 0.05) is 20.1 Å². The highest BCUT2D eigenvalue weighted by atomic mass is 32.2. The number of hydrazine groups is 1. The van der Waals surface area contributed by atoms with Gasteiger partial charge in [0.15, 0.2) is 0 Å². The van der Waals surface area contributed by atoms with Crippen molar-refractivity contribution in [2.45, 2.75) is 17.7 Å². The second kappa shape index (κ2) is 8.06. The topological polar surface area (TPSA) is 69.7 Å². The highest BCUT2D eigenvalue weighted by Gasteiger charge is 2.33. The van der Waals surface area contributed by atoms with E-state index in [9.17, 15) is 17.6 Å². The van der Waals surface area contributed by atoms with Crippen molar-refractivity contribution in [2.75, 3.05) is 25.1 Å². The zero-order chi connectivity index (χ0) is 19.4. The monoisotopic (exact) mass is 391 g/mol. The minimum atomic E-state index is -3.75. The number of hydrogen-bond donors (Lipinski definition) is 1. The Hall–Kier alpha value is -2.45. The number of benzene rings is 2. The van der Waals surface area contributed by atoms with Crippen LogP contribution in [0.15, 0.2) is 59.5 Å². The third-order valence-electron chi connectivity index (χ3n) is 4.63. The van der Waals surface area contributed by atoms with Crippen LogP contribution in [-0.2, 0) is 14.8 Å². The highest BCUT2D eigenvalue weighted by Crippen LogP contribution is 2.24. The van der Waals surface area contributed by atoms with Gasteiger partial charge in [-0.1, -0.05) is 18.2 Å². The maximum absolute atomic E-state index is 13.1. The Kier molecular flexibility index (Phi) is 5.76. The molecule has 1 heterocycles. The summed E-state index contributed by atoms with van der Waals surface area (Å²) in [5, 5.41) is 1.62. The molecule has 0 aliphatic carbocycles. The minimum absolute atomic E-state index is 0.0337. The number of halogens is 1. The van der Waals surface area contributed by atoms with Gasteiger partial charge in [0.2, 0.25) is 15.9 Å². The van der Waals surface area contributed by atoms with E-state index in [0.717, 1.165) is 17.8 Å². The fourth-order valence-corrected chi connectivity index (χ4v) is 4.63. The predicted octanol–water partition coefficient (Wildman–Crippen LogP) is 2.39. The number of sulfonamides is 1. The second-order valence-corrected chi connectivity index (χ2v) is 8.46. The molecule has 0 saturated carbocycles. The molecule has 3 rings (SSSR count). The largest absolute Gasteiger partial charge is 0.289 e. The molecular formula is C19H22FN3O3S. The SMILES string of the molecule is CN(NC(=O)[C@H]1CCCN(S(=O)(=O)c2ccc(F)cc2)C1)c1ccccc1. The van der Waals surface area contributed by atoms with Crippen molar-refractivity contribution in [3.8, 4) is 0 Å². The number of nitrogens with one attached hydrogen (secondary N) is 1. The highest BCUT2D eigenvalue weighted by molar-refractivity contribution is 7.89. The first-order chi connectivity index (χ1) is 12.9. The van der Waals surface area contributed by atoms with Crippen LogP contribution in [0.2, 0.25) is 0 Å². The predicted molar refractivity (Wildman–Crippen MR) is 101 cm³/mol. The van der Waals surface area contributed by atoms with Gasteiger partial charge in [-0.05, 0) is 49.2 Å². The van der Waals surface area contributed by atoms with Crippen molar-refractivity contribution in [3.05, 3.63) is 60.4 Å². The molecule has 0 spiro atoms. The average Bonchev–Trinajstić information content (AvgIpc) is 2.69. The number of nitrogens with zero attached hydrogens (tertiary/aromatic N) is 2. The zero-order valence-electron chi connectivity index (χ0n) is 15.0. The molecule has 1 fully saturated rings. The molecule has 2 aromatic rings. The number of para-hydroxylation sites is 1. The van der Waals surface area contributed by atoms with Gasteiger partial charge in [-0.25, -0.2) is 12.8 Å². The first-order valence-electron chi connectivity index (χ1n) is 8.73. The summed E-state index contributed by atoms with van der Waals surface area (Å²) >= 11 is 0. The van der Waals surface area contributed by atoms with Crippen molar-refractivity contribution in [1.82, 2.24) is 9.73 Å². The molecule has 2 aromatic carbocycles. The Labute approximate surface area is 158 Å². The molecule has 1 amide bonds. The quantitative estimate of drug-likeness (QED) is 0.795. The Morgan fingerprint density at radius 3 is 2.48 bits per heavy atom. The lowest BCUT2D eigenvalue weighted by atomic mass is 9.99. The molecule has 0 radical (unpaired) electrons. The van der Waals surface area contributed by atoms with Crippen LogP contribution < -0.4 is 10.4 Å². The van der Waals surface area contributed by atoms with Crippen LogP contribution in [-0.4, -0.2) is 38.8 Å². The summed E-state index contributed by atoms with van der Waals surface area (Å²) in [5.74, 6) is -1.16. The van der Waals surface area contributed by atoms with Gasteiger partial charge >= 0.3 is 0 Å². The lowest BCUT2D eigenvalue weighted by molar-refractivity contribution is -0.126. The van der Waals surface area contributed by atoms with Crippen LogP contribution in [0.4, 0.5) is 10.1 Å². The van der Waals surface area contributed by atoms with E-state index >= 15 is 0 Å². The molecular weight excluding hydrogens is 369 g/mol. The molecule has 8 heteroatoms. The Morgan fingerprint density at radius 2 is 1.81 bits per heavy atom. The molecule has 1 saturated heterocycles. The van der Waals surface area contributed by atoms with Crippen LogP contribution in [0.3, 0.4) is 0 Å². The van der Waals surface area contributed by atoms with E-state index in [1.807, 2.05) is 30.3 Å². The van der Waals surface area contributed by atoms with E-state index in [0.29, 0.717) is 19.4 Å². The third-order valence-corrected chi connectivity index (χ3v) is 6.51. The molecule has 0 bridgehead atoms. The fourth-order valence-electron chi connectivity index (χ4n) is 3.10. The van der Waals surface area contributed by atoms with Crippen LogP contribution in [0.5, 0.6) is 0 Å². The van der Waals surface area contributed by atoms with Crippen molar-refractivity contribution >= 4 is 21.6 Å². The molecule has 0 aromatic heterocycles. The van der Waals surface area contributed by atoms with Gasteiger partial charge in [0.25, 0.3) is 0 Å². The Morgan fingerprint density at radius 1 is 1.15 bits per heavy atom. The first kappa shape index (κ1) is 19.3. The van der Waals surface area contributed by atoms with Gasteiger partial charge in [-0.2, -0.15) is 4.31 Å². The van der Waals surface area contributed by atoms with Gasteiger partial charge in [-0.3, -0.25) is 15.2 Å². The van der Waals surface area contributed by atoms with E-state index in [2.05, 4.69) is 5.43 Å². The molecule has 1 atom stereocenters. The maximum Gasteiger partial charge on any atom is 0.243 e. The van der Waals surface area contributed by atoms with E-state index in [1.54, 1.807) is 12.1 Å². The summed E-state index contributed by atoms with van der Waals surface area (Å²) in [7, 11) is -2.01. The number of hydrogen-bond acceptors (Lipinski definition) is 4. The van der Waals surface area contributed by atoms with Gasteiger partial charge < -0.3 is 0 Å². The molecule has 27 heavy (non-hydrogen) atoms. The third kappa shape index (κ3) is 4.45. The van der Waals surface area contributed by atoms with Crippen LogP contribution >= 0.6 is 0 Å². The number of piperidine rings is 1. The minimum Gasteiger partial charge on any atom is -0.289 e. The number of carbonyl (C=O) groups excluding carboxylic acids is 1. The van der Waals surface area contributed by atoms with Crippen molar-refractivity contribution in [2.24, 2.45) is 5.92 Å². The van der Waals surface area contributed by atoms with Crippen molar-refractivity contribution < 1.29 is 17.6 Å². The average molecular weight is 391 g/mol. The van der Waals surface area contributed by atoms with E-state index in [1.165, 1.54) is 16.4 Å². The zero-order valence-corrected chi connectivity index (χ0v) is 15.8. The number of carbonyl (C=O) groups is 1. The normalized spacial score (nSPS) is 18.1. The van der Waals surface area contributed by atoms with E-state index < -0.39 is 21.8 Å². The van der Waals surface area contributed by atoms with Crippen molar-refractivity contribution in [3.63, 3.8) is 0 Å². The van der Waals surface area contributed by atoms with Gasteiger partial charge in [0.05, 0.1) is 16.5 Å². The standard InChI is InChI=1S/C19H22FN3O3S/c1-22(17-7-3-2-4-8-17)21-19(24)15-6-5-13-23(14-15)27(25,26)18-11-9-16(20)10-12-18/h2-4,7-12,15H,5-6,13-14H2,1H3,(H,21,24)/t15-/m0/s1. The fraction of sp³-hybridized carbons (Fsp3) is 0.316. The van der Waals surface area contributed by atoms with E-state index in [4.69, 9.17) is 0 Å². The number of anilines is 1. The summed E-state index contributed by atoms with van der Waals surface area (Å²) in [6, 6.07) is 14.1. The smallest absolute Gasteiger partial charge is 0.243 e. The maximum atomic E-state index is 13.1. The molecule has 1 aliphatic rings. The summed E-state index contributed by atoms with van der Waals surface area (Å²) in [5.41, 5.74) is 3.64. The molecule has 1 N–H and O–H groups in total. The van der Waals surface area contributed by atoms with Crippen LogP contribution in [0, 0.1) is 11.7 Å². The summed E-state index contributed by atoms with van der Waals surface area (Å²) in [6.07, 6.45) is 1.21. The number of amides is 1. The summed E-state index contributed by atoms with van der Waals surface area (Å²) in [6.45, 7) is 0.451. The molecule has 6 nitrogen and oxygen atoms in total. The molecule has 1 aliphatic heterocycles. The lowest BCUT2D eigenvalue weighted by Gasteiger charge is -2.32. The Balaban J connectivity index is 1.68. The van der Waals surface area contributed by atoms with Crippen LogP contribution in [0.25, 0.3) is 0 Å². The van der Waals surface area contributed by atoms with Crippen LogP contribution in [0.1, 0.15) is 12.8 Å². The number of rotatable bonds is 5. The first-order valence-corrected chi connectivity index (χ1v) is 10.2.